The molecule has 0 saturated carbocycles. The number of halogens is 4. The number of nitro groups is 1. The van der Waals surface area contributed by atoms with E-state index in [4.69, 9.17) is 11.6 Å². The summed E-state index contributed by atoms with van der Waals surface area (Å²) in [7, 11) is 0. The molecular formula is C24H15ClF3N3O3S. The van der Waals surface area contributed by atoms with Crippen molar-refractivity contribution in [2.45, 2.75) is 22.9 Å². The molecule has 3 aromatic carbocycles. The first kappa shape index (κ1) is 25.8. The number of amides is 1. The normalized spacial score (nSPS) is 11.6. The monoisotopic (exact) mass is 517 g/mol. The predicted molar refractivity (Wildman–Crippen MR) is 127 cm³/mol. The topological polar surface area (TPSA) is 96.0 Å². The van der Waals surface area contributed by atoms with Crippen molar-refractivity contribution in [1.29, 1.82) is 5.26 Å². The minimum atomic E-state index is -4.66. The lowest BCUT2D eigenvalue weighted by Crippen LogP contribution is -2.15. The molecule has 0 aliphatic heterocycles. The molecule has 0 heterocycles. The van der Waals surface area contributed by atoms with Gasteiger partial charge in [-0.15, -0.1) is 0 Å². The number of nitrogens with zero attached hydrogens (tertiary/aromatic N) is 2. The van der Waals surface area contributed by atoms with Crippen LogP contribution in [0.25, 0.3) is 6.08 Å². The van der Waals surface area contributed by atoms with Gasteiger partial charge in [0.1, 0.15) is 11.6 Å². The summed E-state index contributed by atoms with van der Waals surface area (Å²) in [5.74, 6) is -1.02. The maximum atomic E-state index is 13.0. The second kappa shape index (κ2) is 10.6. The number of hydrogen-bond acceptors (Lipinski definition) is 5. The number of anilines is 1. The summed E-state index contributed by atoms with van der Waals surface area (Å²) in [6, 6.07) is 15.6. The van der Waals surface area contributed by atoms with E-state index in [1.54, 1.807) is 6.07 Å². The molecule has 0 fully saturated rings. The highest BCUT2D eigenvalue weighted by molar-refractivity contribution is 7.99. The van der Waals surface area contributed by atoms with E-state index < -0.39 is 28.1 Å². The van der Waals surface area contributed by atoms with Gasteiger partial charge in [-0.05, 0) is 55.0 Å². The summed E-state index contributed by atoms with van der Waals surface area (Å²) >= 11 is 7.07. The van der Waals surface area contributed by atoms with Gasteiger partial charge in [0, 0.05) is 11.0 Å². The van der Waals surface area contributed by atoms with Gasteiger partial charge in [0.15, 0.2) is 0 Å². The molecule has 35 heavy (non-hydrogen) atoms. The average molecular weight is 518 g/mol. The third kappa shape index (κ3) is 6.62. The molecule has 6 nitrogen and oxygen atoms in total. The highest BCUT2D eigenvalue weighted by atomic mass is 35.5. The maximum absolute atomic E-state index is 13.0. The Morgan fingerprint density at radius 1 is 1.14 bits per heavy atom. The fourth-order valence-electron chi connectivity index (χ4n) is 2.89. The fraction of sp³-hybridized carbons (Fsp3) is 0.0833. The van der Waals surface area contributed by atoms with E-state index in [-0.39, 0.29) is 22.0 Å². The van der Waals surface area contributed by atoms with Gasteiger partial charge in [-0.25, -0.2) is 0 Å². The number of carbonyl (C=O) groups excluding carboxylic acids is 1. The lowest BCUT2D eigenvalue weighted by Gasteiger charge is -2.11. The van der Waals surface area contributed by atoms with E-state index in [1.807, 2.05) is 31.2 Å². The highest BCUT2D eigenvalue weighted by Crippen LogP contribution is 2.36. The largest absolute Gasteiger partial charge is 0.416 e. The number of nitriles is 1. The van der Waals surface area contributed by atoms with Crippen LogP contribution < -0.4 is 5.32 Å². The summed E-state index contributed by atoms with van der Waals surface area (Å²) in [6.45, 7) is 1.92. The van der Waals surface area contributed by atoms with Crippen molar-refractivity contribution in [2.75, 3.05) is 5.32 Å². The van der Waals surface area contributed by atoms with E-state index >= 15 is 0 Å². The summed E-state index contributed by atoms with van der Waals surface area (Å²) < 4.78 is 38.9. The number of alkyl halides is 3. The SMILES string of the molecule is Cc1ccc(Sc2ccc(/C=C(/C#N)C(=O)Nc3cc(C(F)(F)F)ccc3Cl)cc2[N+](=O)[O-])cc1. The van der Waals surface area contributed by atoms with Crippen LogP contribution in [0.5, 0.6) is 0 Å². The Labute approximate surface area is 207 Å². The molecule has 0 aliphatic carbocycles. The van der Waals surface area contributed by atoms with E-state index in [0.29, 0.717) is 11.0 Å². The van der Waals surface area contributed by atoms with Gasteiger partial charge in [-0.1, -0.05) is 47.1 Å². The first-order valence-corrected chi connectivity index (χ1v) is 11.0. The van der Waals surface area contributed by atoms with Crippen LogP contribution in [0.3, 0.4) is 0 Å². The number of nitro benzene ring substituents is 1. The van der Waals surface area contributed by atoms with Crippen LogP contribution in [0.1, 0.15) is 16.7 Å². The molecule has 3 aromatic rings. The van der Waals surface area contributed by atoms with E-state index in [9.17, 15) is 33.3 Å². The van der Waals surface area contributed by atoms with Crippen LogP contribution in [0, 0.1) is 28.4 Å². The van der Waals surface area contributed by atoms with Gasteiger partial charge >= 0.3 is 6.18 Å². The Hall–Kier alpha value is -3.81. The van der Waals surface area contributed by atoms with Gasteiger partial charge in [-0.3, -0.25) is 14.9 Å². The van der Waals surface area contributed by atoms with E-state index in [1.165, 1.54) is 30.0 Å². The fourth-order valence-corrected chi connectivity index (χ4v) is 3.95. The Balaban J connectivity index is 1.88. The van der Waals surface area contributed by atoms with E-state index in [0.717, 1.165) is 28.7 Å². The van der Waals surface area contributed by atoms with Crippen molar-refractivity contribution < 1.29 is 22.9 Å². The average Bonchev–Trinajstić information content (AvgIpc) is 2.80. The molecule has 0 atom stereocenters. The molecule has 0 radical (unpaired) electrons. The molecule has 0 aromatic heterocycles. The molecule has 0 saturated heterocycles. The molecule has 0 bridgehead atoms. The van der Waals surface area contributed by atoms with Crippen LogP contribution in [-0.2, 0) is 11.0 Å². The quantitative estimate of drug-likeness (QED) is 0.160. The van der Waals surface area contributed by atoms with Gasteiger partial charge in [0.25, 0.3) is 11.6 Å². The molecule has 1 N–H and O–H groups in total. The van der Waals surface area contributed by atoms with Crippen molar-refractivity contribution >= 4 is 46.7 Å². The lowest BCUT2D eigenvalue weighted by molar-refractivity contribution is -0.387. The molecule has 0 spiro atoms. The predicted octanol–water partition coefficient (Wildman–Crippen LogP) is 7.27. The van der Waals surface area contributed by atoms with Gasteiger partial charge in [0.2, 0.25) is 0 Å². The summed E-state index contributed by atoms with van der Waals surface area (Å²) in [4.78, 5) is 24.7. The lowest BCUT2D eigenvalue weighted by atomic mass is 10.1. The molecule has 0 unspecified atom stereocenters. The van der Waals surface area contributed by atoms with Crippen molar-refractivity contribution in [3.63, 3.8) is 0 Å². The number of rotatable bonds is 6. The maximum Gasteiger partial charge on any atom is 0.416 e. The number of aryl methyl sites for hydroxylation is 1. The van der Waals surface area contributed by atoms with Crippen molar-refractivity contribution in [3.8, 4) is 6.07 Å². The van der Waals surface area contributed by atoms with Gasteiger partial charge in [0.05, 0.1) is 26.1 Å². The zero-order chi connectivity index (χ0) is 25.8. The first-order valence-electron chi connectivity index (χ1n) is 9.81. The Morgan fingerprint density at radius 3 is 2.43 bits per heavy atom. The second-order valence-electron chi connectivity index (χ2n) is 7.22. The summed E-state index contributed by atoms with van der Waals surface area (Å²) in [5, 5.41) is 23.1. The summed E-state index contributed by atoms with van der Waals surface area (Å²) in [6.07, 6.45) is -3.56. The Bertz CT molecular complexity index is 1370. The van der Waals surface area contributed by atoms with Crippen LogP contribution >= 0.6 is 23.4 Å². The van der Waals surface area contributed by atoms with Gasteiger partial charge in [-0.2, -0.15) is 18.4 Å². The third-order valence-corrected chi connectivity index (χ3v) is 6.05. The van der Waals surface area contributed by atoms with Crippen molar-refractivity contribution in [1.82, 2.24) is 0 Å². The van der Waals surface area contributed by atoms with Crippen molar-refractivity contribution in [3.05, 3.63) is 98.1 Å². The molecule has 11 heteroatoms. The number of benzene rings is 3. The van der Waals surface area contributed by atoms with Crippen LogP contribution in [0.4, 0.5) is 24.5 Å². The Morgan fingerprint density at radius 2 is 1.83 bits per heavy atom. The number of nitrogens with one attached hydrogen (secondary N) is 1. The minimum absolute atomic E-state index is 0.156. The molecule has 0 aliphatic rings. The van der Waals surface area contributed by atoms with Crippen molar-refractivity contribution in [2.24, 2.45) is 0 Å². The molecule has 1 amide bonds. The molecular weight excluding hydrogens is 503 g/mol. The smallest absolute Gasteiger partial charge is 0.320 e. The number of hydrogen-bond donors (Lipinski definition) is 1. The summed E-state index contributed by atoms with van der Waals surface area (Å²) in [5.41, 5.74) is -0.847. The molecule has 3 rings (SSSR count). The highest BCUT2D eigenvalue weighted by Gasteiger charge is 2.31. The zero-order valence-corrected chi connectivity index (χ0v) is 19.5. The number of carbonyl (C=O) groups is 1. The van der Waals surface area contributed by atoms with Crippen LogP contribution in [-0.4, -0.2) is 10.8 Å². The van der Waals surface area contributed by atoms with Crippen LogP contribution in [0.15, 0.2) is 76.0 Å². The zero-order valence-electron chi connectivity index (χ0n) is 17.9. The van der Waals surface area contributed by atoms with E-state index in [2.05, 4.69) is 5.32 Å². The van der Waals surface area contributed by atoms with Crippen LogP contribution in [0.2, 0.25) is 5.02 Å². The minimum Gasteiger partial charge on any atom is -0.320 e. The third-order valence-electron chi connectivity index (χ3n) is 4.65. The van der Waals surface area contributed by atoms with Gasteiger partial charge < -0.3 is 5.32 Å². The second-order valence-corrected chi connectivity index (χ2v) is 8.74. The Kier molecular flexibility index (Phi) is 7.84. The first-order chi connectivity index (χ1) is 16.5. The standard InChI is InChI=1S/C24H15ClF3N3O3S/c1-14-2-6-18(7-3-14)35-22-9-4-15(11-21(22)31(33)34)10-16(13-29)23(32)30-20-12-17(24(26,27)28)5-8-19(20)25/h2-12H,1H3,(H,30,32)/b16-10-. The molecule has 178 valence electrons.